The van der Waals surface area contributed by atoms with E-state index in [0.29, 0.717) is 23.6 Å². The molecule has 1 aromatic rings. The topological polar surface area (TPSA) is 57.6 Å². The molecule has 1 aliphatic heterocycles. The zero-order valence-corrected chi connectivity index (χ0v) is 11.2. The van der Waals surface area contributed by atoms with E-state index in [0.717, 1.165) is 0 Å². The lowest BCUT2D eigenvalue weighted by Crippen LogP contribution is -2.50. The van der Waals surface area contributed by atoms with E-state index in [4.69, 9.17) is 5.11 Å². The Hall–Kier alpha value is -1.56. The predicted octanol–water partition coefficient (Wildman–Crippen LogP) is 1.78. The predicted molar refractivity (Wildman–Crippen MR) is 70.9 cm³/mol. The van der Waals surface area contributed by atoms with Gasteiger partial charge in [0.25, 0.3) is 5.91 Å². The van der Waals surface area contributed by atoms with Gasteiger partial charge in [-0.3, -0.25) is 4.79 Å². The van der Waals surface area contributed by atoms with Crippen LogP contribution in [0.2, 0.25) is 0 Å². The van der Waals surface area contributed by atoms with Gasteiger partial charge in [0.2, 0.25) is 0 Å². The van der Waals surface area contributed by atoms with E-state index in [2.05, 4.69) is 0 Å². The Morgan fingerprint density at radius 1 is 1.47 bits per heavy atom. The van der Waals surface area contributed by atoms with Gasteiger partial charge in [0, 0.05) is 23.6 Å². The first kappa shape index (κ1) is 13.9. The normalized spacial score (nSPS) is 19.3. The zero-order valence-electron chi connectivity index (χ0n) is 10.4. The van der Waals surface area contributed by atoms with Crippen LogP contribution in [0.15, 0.2) is 18.2 Å². The average molecular weight is 283 g/mol. The van der Waals surface area contributed by atoms with Crippen LogP contribution < -0.4 is 0 Å². The summed E-state index contributed by atoms with van der Waals surface area (Å²) in [4.78, 5) is 24.9. The fourth-order valence-corrected chi connectivity index (χ4v) is 3.07. The molecule has 0 bridgehead atoms. The number of carbonyl (C=O) groups is 2. The lowest BCUT2D eigenvalue weighted by molar-refractivity contribution is -0.141. The van der Waals surface area contributed by atoms with Gasteiger partial charge in [0.1, 0.15) is 11.9 Å². The second-order valence-corrected chi connectivity index (χ2v) is 5.54. The number of aliphatic carboxylic acids is 1. The summed E-state index contributed by atoms with van der Waals surface area (Å²) in [6.45, 7) is 2.08. The molecule has 6 heteroatoms. The van der Waals surface area contributed by atoms with Crippen LogP contribution in [0.4, 0.5) is 4.39 Å². The lowest BCUT2D eigenvalue weighted by Gasteiger charge is -2.33. The van der Waals surface area contributed by atoms with Crippen LogP contribution in [0.5, 0.6) is 0 Å². The van der Waals surface area contributed by atoms with E-state index < -0.39 is 23.7 Å². The summed E-state index contributed by atoms with van der Waals surface area (Å²) in [7, 11) is 0. The zero-order chi connectivity index (χ0) is 14.0. The third kappa shape index (κ3) is 2.89. The van der Waals surface area contributed by atoms with Gasteiger partial charge in [-0.1, -0.05) is 6.07 Å². The maximum absolute atomic E-state index is 13.2. The van der Waals surface area contributed by atoms with E-state index in [1.54, 1.807) is 6.92 Å². The minimum Gasteiger partial charge on any atom is -0.480 e. The molecule has 1 amide bonds. The minimum absolute atomic E-state index is 0.234. The quantitative estimate of drug-likeness (QED) is 0.899. The van der Waals surface area contributed by atoms with Gasteiger partial charge in [0.05, 0.1) is 0 Å². The van der Waals surface area contributed by atoms with Crippen LogP contribution >= 0.6 is 11.8 Å². The standard InChI is InChI=1S/C13H14FNO3S/c1-8-2-3-9(14)6-10(8)12(16)15-4-5-19-7-11(15)13(17)18/h2-3,6,11H,4-5,7H2,1H3,(H,17,18). The molecule has 0 radical (unpaired) electrons. The number of aryl methyl sites for hydroxylation is 1. The number of hydrogen-bond donors (Lipinski definition) is 1. The van der Waals surface area contributed by atoms with Gasteiger partial charge in [-0.2, -0.15) is 11.8 Å². The summed E-state index contributed by atoms with van der Waals surface area (Å²) in [5.41, 5.74) is 0.881. The fraction of sp³-hybridized carbons (Fsp3) is 0.385. The highest BCUT2D eigenvalue weighted by molar-refractivity contribution is 7.99. The van der Waals surface area contributed by atoms with E-state index in [1.807, 2.05) is 0 Å². The number of nitrogens with zero attached hydrogens (tertiary/aromatic N) is 1. The van der Waals surface area contributed by atoms with Crippen molar-refractivity contribution in [2.75, 3.05) is 18.1 Å². The molecule has 0 aliphatic carbocycles. The molecule has 1 aromatic carbocycles. The maximum Gasteiger partial charge on any atom is 0.327 e. The number of carbonyl (C=O) groups excluding carboxylic acids is 1. The van der Waals surface area contributed by atoms with Crippen LogP contribution in [0.25, 0.3) is 0 Å². The molecule has 0 aromatic heterocycles. The highest BCUT2D eigenvalue weighted by atomic mass is 32.2. The number of carboxylic acids is 1. The monoisotopic (exact) mass is 283 g/mol. The molecule has 0 saturated carbocycles. The molecule has 1 heterocycles. The molecular weight excluding hydrogens is 269 g/mol. The number of benzene rings is 1. The first-order chi connectivity index (χ1) is 9.00. The van der Waals surface area contributed by atoms with Crippen molar-refractivity contribution < 1.29 is 19.1 Å². The SMILES string of the molecule is Cc1ccc(F)cc1C(=O)N1CCSCC1C(=O)O. The summed E-state index contributed by atoms with van der Waals surface area (Å²) < 4.78 is 13.2. The third-order valence-corrected chi connectivity index (χ3v) is 4.13. The molecular formula is C13H14FNO3S. The minimum atomic E-state index is -1.02. The summed E-state index contributed by atoms with van der Waals surface area (Å²) in [5, 5.41) is 9.15. The molecule has 1 N–H and O–H groups in total. The van der Waals surface area contributed by atoms with Gasteiger partial charge in [-0.05, 0) is 24.6 Å². The fourth-order valence-electron chi connectivity index (χ4n) is 2.03. The van der Waals surface area contributed by atoms with Crippen molar-refractivity contribution in [3.63, 3.8) is 0 Å². The Bertz CT molecular complexity index is 521. The van der Waals surface area contributed by atoms with Crippen LogP contribution in [0.3, 0.4) is 0 Å². The summed E-state index contributed by atoms with van der Waals surface area (Å²) in [5.74, 6) is -0.856. The highest BCUT2D eigenvalue weighted by Gasteiger charge is 2.33. The molecule has 19 heavy (non-hydrogen) atoms. The van der Waals surface area contributed by atoms with Crippen molar-refractivity contribution in [3.05, 3.63) is 35.1 Å². The van der Waals surface area contributed by atoms with Crippen molar-refractivity contribution in [3.8, 4) is 0 Å². The molecule has 102 valence electrons. The first-order valence-electron chi connectivity index (χ1n) is 5.88. The van der Waals surface area contributed by atoms with Crippen LogP contribution in [0.1, 0.15) is 15.9 Å². The Morgan fingerprint density at radius 2 is 2.21 bits per heavy atom. The number of rotatable bonds is 2. The van der Waals surface area contributed by atoms with E-state index in [9.17, 15) is 14.0 Å². The second-order valence-electron chi connectivity index (χ2n) is 4.39. The molecule has 0 spiro atoms. The molecule has 1 saturated heterocycles. The first-order valence-corrected chi connectivity index (χ1v) is 7.04. The highest BCUT2D eigenvalue weighted by Crippen LogP contribution is 2.21. The number of thioether (sulfide) groups is 1. The molecule has 4 nitrogen and oxygen atoms in total. The Balaban J connectivity index is 2.31. The van der Waals surface area contributed by atoms with E-state index in [-0.39, 0.29) is 5.56 Å². The third-order valence-electron chi connectivity index (χ3n) is 3.10. The van der Waals surface area contributed by atoms with Crippen molar-refractivity contribution in [2.45, 2.75) is 13.0 Å². The van der Waals surface area contributed by atoms with Gasteiger partial charge in [-0.15, -0.1) is 0 Å². The molecule has 2 rings (SSSR count). The maximum atomic E-state index is 13.2. The van der Waals surface area contributed by atoms with Crippen molar-refractivity contribution in [1.29, 1.82) is 0 Å². The number of hydrogen-bond acceptors (Lipinski definition) is 3. The molecule has 1 fully saturated rings. The van der Waals surface area contributed by atoms with E-state index in [1.165, 1.54) is 34.9 Å². The summed E-state index contributed by atoms with van der Waals surface area (Å²) in [6.07, 6.45) is 0. The Morgan fingerprint density at radius 3 is 2.89 bits per heavy atom. The van der Waals surface area contributed by atoms with Crippen molar-refractivity contribution in [2.24, 2.45) is 0 Å². The van der Waals surface area contributed by atoms with Crippen LogP contribution in [-0.4, -0.2) is 46.0 Å². The second kappa shape index (κ2) is 5.61. The Kier molecular flexibility index (Phi) is 4.09. The molecule has 1 atom stereocenters. The smallest absolute Gasteiger partial charge is 0.327 e. The van der Waals surface area contributed by atoms with Crippen molar-refractivity contribution in [1.82, 2.24) is 4.90 Å². The molecule has 1 aliphatic rings. The summed E-state index contributed by atoms with van der Waals surface area (Å²) >= 11 is 1.51. The molecule has 1 unspecified atom stereocenters. The number of halogens is 1. The van der Waals surface area contributed by atoms with Gasteiger partial charge in [-0.25, -0.2) is 9.18 Å². The van der Waals surface area contributed by atoms with Gasteiger partial charge in [0.15, 0.2) is 0 Å². The lowest BCUT2D eigenvalue weighted by atomic mass is 10.1. The summed E-state index contributed by atoms with van der Waals surface area (Å²) in [6, 6.07) is 3.14. The van der Waals surface area contributed by atoms with Gasteiger partial charge >= 0.3 is 5.97 Å². The Labute approximate surface area is 114 Å². The largest absolute Gasteiger partial charge is 0.480 e. The van der Waals surface area contributed by atoms with Crippen molar-refractivity contribution >= 4 is 23.6 Å². The van der Waals surface area contributed by atoms with E-state index >= 15 is 0 Å². The number of amides is 1. The number of carboxylic acid groups (broad SMARTS) is 1. The van der Waals surface area contributed by atoms with Crippen LogP contribution in [-0.2, 0) is 4.79 Å². The average Bonchev–Trinajstić information content (AvgIpc) is 2.40. The van der Waals surface area contributed by atoms with Crippen LogP contribution in [0, 0.1) is 12.7 Å². The van der Waals surface area contributed by atoms with Gasteiger partial charge < -0.3 is 10.0 Å².